The number of carbonyl (C=O) groups is 1. The van der Waals surface area contributed by atoms with E-state index in [1.807, 2.05) is 20.8 Å². The summed E-state index contributed by atoms with van der Waals surface area (Å²) in [4.78, 5) is 13.4. The largest absolute Gasteiger partial charge is 0.493 e. The van der Waals surface area contributed by atoms with E-state index in [1.54, 1.807) is 30.2 Å². The fourth-order valence-electron chi connectivity index (χ4n) is 1.95. The van der Waals surface area contributed by atoms with Crippen LogP contribution in [0.1, 0.15) is 20.8 Å². The second-order valence-corrected chi connectivity index (χ2v) is 6.04. The number of benzene rings is 1. The van der Waals surface area contributed by atoms with Crippen molar-refractivity contribution >= 4 is 11.8 Å². The summed E-state index contributed by atoms with van der Waals surface area (Å²) in [7, 11) is 1.56. The summed E-state index contributed by atoms with van der Waals surface area (Å²) in [6, 6.07) is 5.23. The first-order valence-corrected chi connectivity index (χ1v) is 6.86. The zero-order valence-electron chi connectivity index (χ0n) is 12.9. The SMILES string of the molecule is COc1cc(N)ccc1OC1CN(C(=O)OC(C)(C)C)C1. The average molecular weight is 294 g/mol. The van der Waals surface area contributed by atoms with Crippen LogP contribution in [0.4, 0.5) is 10.5 Å². The summed E-state index contributed by atoms with van der Waals surface area (Å²) in [6.07, 6.45) is -0.373. The van der Waals surface area contributed by atoms with Gasteiger partial charge in [0.25, 0.3) is 0 Å². The van der Waals surface area contributed by atoms with Crippen molar-refractivity contribution in [3.05, 3.63) is 18.2 Å². The minimum Gasteiger partial charge on any atom is -0.493 e. The first-order chi connectivity index (χ1) is 9.78. The quantitative estimate of drug-likeness (QED) is 0.866. The summed E-state index contributed by atoms with van der Waals surface area (Å²) in [5.41, 5.74) is 5.83. The predicted molar refractivity (Wildman–Crippen MR) is 79.6 cm³/mol. The Morgan fingerprint density at radius 1 is 1.29 bits per heavy atom. The van der Waals surface area contributed by atoms with Crippen LogP contribution in [0.2, 0.25) is 0 Å². The molecule has 1 saturated heterocycles. The first kappa shape index (κ1) is 15.3. The average Bonchev–Trinajstić information content (AvgIpc) is 2.32. The van der Waals surface area contributed by atoms with E-state index >= 15 is 0 Å². The maximum Gasteiger partial charge on any atom is 0.410 e. The molecule has 6 nitrogen and oxygen atoms in total. The molecular formula is C15H22N2O4. The number of amides is 1. The summed E-state index contributed by atoms with van der Waals surface area (Å²) in [6.45, 7) is 6.54. The number of rotatable bonds is 3. The van der Waals surface area contributed by atoms with Gasteiger partial charge in [0.1, 0.15) is 11.7 Å². The monoisotopic (exact) mass is 294 g/mol. The zero-order chi connectivity index (χ0) is 15.6. The fourth-order valence-corrected chi connectivity index (χ4v) is 1.95. The highest BCUT2D eigenvalue weighted by Gasteiger charge is 2.35. The van der Waals surface area contributed by atoms with Crippen LogP contribution >= 0.6 is 0 Å². The van der Waals surface area contributed by atoms with E-state index in [4.69, 9.17) is 19.9 Å². The third-order valence-electron chi connectivity index (χ3n) is 2.98. The van der Waals surface area contributed by atoms with Gasteiger partial charge in [-0.15, -0.1) is 0 Å². The summed E-state index contributed by atoms with van der Waals surface area (Å²) < 4.78 is 16.3. The number of nitrogen functional groups attached to an aromatic ring is 1. The van der Waals surface area contributed by atoms with Crippen molar-refractivity contribution in [1.29, 1.82) is 0 Å². The predicted octanol–water partition coefficient (Wildman–Crippen LogP) is 2.28. The molecule has 0 saturated carbocycles. The Bertz CT molecular complexity index is 519. The fraction of sp³-hybridized carbons (Fsp3) is 0.533. The van der Waals surface area contributed by atoms with E-state index in [2.05, 4.69) is 0 Å². The third kappa shape index (κ3) is 3.93. The molecule has 0 aliphatic carbocycles. The number of methoxy groups -OCH3 is 1. The van der Waals surface area contributed by atoms with Crippen molar-refractivity contribution in [3.63, 3.8) is 0 Å². The number of hydrogen-bond acceptors (Lipinski definition) is 5. The number of nitrogens with two attached hydrogens (primary N) is 1. The van der Waals surface area contributed by atoms with E-state index in [-0.39, 0.29) is 12.2 Å². The topological polar surface area (TPSA) is 74.0 Å². The highest BCUT2D eigenvalue weighted by molar-refractivity contribution is 5.69. The number of hydrogen-bond donors (Lipinski definition) is 1. The molecule has 1 aliphatic heterocycles. The minimum atomic E-state index is -0.483. The van der Waals surface area contributed by atoms with Crippen LogP contribution in [0.25, 0.3) is 0 Å². The van der Waals surface area contributed by atoms with Gasteiger partial charge in [-0.2, -0.15) is 0 Å². The Morgan fingerprint density at radius 2 is 1.95 bits per heavy atom. The molecule has 2 rings (SSSR count). The molecule has 0 aromatic heterocycles. The van der Waals surface area contributed by atoms with Crippen LogP contribution in [-0.4, -0.2) is 42.9 Å². The Balaban J connectivity index is 1.87. The van der Waals surface area contributed by atoms with Crippen LogP contribution in [0.5, 0.6) is 11.5 Å². The Morgan fingerprint density at radius 3 is 2.52 bits per heavy atom. The molecule has 1 fully saturated rings. The molecule has 1 amide bonds. The highest BCUT2D eigenvalue weighted by Crippen LogP contribution is 2.31. The second-order valence-electron chi connectivity index (χ2n) is 6.04. The summed E-state index contributed by atoms with van der Waals surface area (Å²) >= 11 is 0. The molecule has 1 aromatic carbocycles. The molecule has 0 radical (unpaired) electrons. The van der Waals surface area contributed by atoms with E-state index in [0.717, 1.165) is 0 Å². The van der Waals surface area contributed by atoms with Gasteiger partial charge in [0.05, 0.1) is 20.2 Å². The standard InChI is InChI=1S/C15H22N2O4/c1-15(2,3)21-14(18)17-8-11(9-17)20-12-6-5-10(16)7-13(12)19-4/h5-7,11H,8-9,16H2,1-4H3. The molecular weight excluding hydrogens is 272 g/mol. The molecule has 6 heteroatoms. The van der Waals surface area contributed by atoms with Gasteiger partial charge in [-0.25, -0.2) is 4.79 Å². The lowest BCUT2D eigenvalue weighted by Gasteiger charge is -2.39. The van der Waals surface area contributed by atoms with Gasteiger partial charge < -0.3 is 24.8 Å². The third-order valence-corrected chi connectivity index (χ3v) is 2.98. The Hall–Kier alpha value is -2.11. The molecule has 2 N–H and O–H groups in total. The number of likely N-dealkylation sites (tertiary alicyclic amines) is 1. The highest BCUT2D eigenvalue weighted by atomic mass is 16.6. The van der Waals surface area contributed by atoms with Gasteiger partial charge in [0, 0.05) is 11.8 Å². The maximum absolute atomic E-state index is 11.8. The van der Waals surface area contributed by atoms with Crippen LogP contribution in [0.15, 0.2) is 18.2 Å². The van der Waals surface area contributed by atoms with E-state index in [1.165, 1.54) is 0 Å². The lowest BCUT2D eigenvalue weighted by atomic mass is 10.1. The Kier molecular flexibility index (Phi) is 4.16. The molecule has 1 aliphatic rings. The Labute approximate surface area is 124 Å². The summed E-state index contributed by atoms with van der Waals surface area (Å²) in [5, 5.41) is 0. The smallest absolute Gasteiger partial charge is 0.410 e. The van der Waals surface area contributed by atoms with Gasteiger partial charge in [-0.1, -0.05) is 0 Å². The van der Waals surface area contributed by atoms with Gasteiger partial charge >= 0.3 is 6.09 Å². The lowest BCUT2D eigenvalue weighted by Crippen LogP contribution is -2.57. The van der Waals surface area contributed by atoms with Crippen molar-refractivity contribution in [2.75, 3.05) is 25.9 Å². The number of anilines is 1. The number of ether oxygens (including phenoxy) is 3. The number of carbonyl (C=O) groups excluding carboxylic acids is 1. The summed E-state index contributed by atoms with van der Waals surface area (Å²) in [5.74, 6) is 1.21. The van der Waals surface area contributed by atoms with E-state index in [0.29, 0.717) is 30.3 Å². The first-order valence-electron chi connectivity index (χ1n) is 6.86. The molecule has 0 unspecified atom stereocenters. The van der Waals surface area contributed by atoms with E-state index in [9.17, 15) is 4.79 Å². The molecule has 116 valence electrons. The van der Waals surface area contributed by atoms with Crippen molar-refractivity contribution in [3.8, 4) is 11.5 Å². The van der Waals surface area contributed by atoms with Crippen LogP contribution in [0, 0.1) is 0 Å². The molecule has 0 atom stereocenters. The van der Waals surface area contributed by atoms with Crippen LogP contribution in [-0.2, 0) is 4.74 Å². The second kappa shape index (κ2) is 5.71. The molecule has 0 bridgehead atoms. The van der Waals surface area contributed by atoms with Gasteiger partial charge in [-0.05, 0) is 32.9 Å². The van der Waals surface area contributed by atoms with Crippen molar-refractivity contribution in [2.45, 2.75) is 32.5 Å². The molecule has 1 heterocycles. The van der Waals surface area contributed by atoms with Gasteiger partial charge in [-0.3, -0.25) is 0 Å². The van der Waals surface area contributed by atoms with Crippen molar-refractivity contribution in [2.24, 2.45) is 0 Å². The van der Waals surface area contributed by atoms with Crippen molar-refractivity contribution in [1.82, 2.24) is 4.90 Å². The van der Waals surface area contributed by atoms with E-state index < -0.39 is 5.60 Å². The lowest BCUT2D eigenvalue weighted by molar-refractivity contribution is -0.0226. The van der Waals surface area contributed by atoms with Crippen LogP contribution in [0.3, 0.4) is 0 Å². The number of nitrogens with zero attached hydrogens (tertiary/aromatic N) is 1. The minimum absolute atomic E-state index is 0.0601. The van der Waals surface area contributed by atoms with Crippen molar-refractivity contribution < 1.29 is 19.0 Å². The normalized spacial score (nSPS) is 15.3. The van der Waals surface area contributed by atoms with Gasteiger partial charge in [0.15, 0.2) is 11.5 Å². The van der Waals surface area contributed by atoms with Crippen LogP contribution < -0.4 is 15.2 Å². The molecule has 0 spiro atoms. The zero-order valence-corrected chi connectivity index (χ0v) is 12.9. The molecule has 21 heavy (non-hydrogen) atoms. The molecule has 1 aromatic rings. The maximum atomic E-state index is 11.8. The van der Waals surface area contributed by atoms with Gasteiger partial charge in [0.2, 0.25) is 0 Å².